The first-order valence-electron chi connectivity index (χ1n) is 9.60. The van der Waals surface area contributed by atoms with Crippen LogP contribution in [0.5, 0.6) is 5.75 Å². The molecule has 0 spiro atoms. The van der Waals surface area contributed by atoms with Crippen molar-refractivity contribution in [1.82, 2.24) is 9.80 Å². The highest BCUT2D eigenvalue weighted by Crippen LogP contribution is 2.39. The summed E-state index contributed by atoms with van der Waals surface area (Å²) in [4.78, 5) is 27.7. The number of methoxy groups -OCH3 is 1. The van der Waals surface area contributed by atoms with Crippen LogP contribution in [-0.4, -0.2) is 61.4 Å². The molecule has 1 saturated heterocycles. The van der Waals surface area contributed by atoms with E-state index in [0.717, 1.165) is 0 Å². The van der Waals surface area contributed by atoms with Crippen LogP contribution in [0.4, 0.5) is 10.1 Å². The minimum absolute atomic E-state index is 0.0317. The van der Waals surface area contributed by atoms with Gasteiger partial charge in [-0.15, -0.1) is 0 Å². The lowest BCUT2D eigenvalue weighted by molar-refractivity contribution is -0.135. The van der Waals surface area contributed by atoms with E-state index in [1.54, 1.807) is 28.0 Å². The third kappa shape index (κ3) is 5.29. The molecule has 3 rings (SSSR count). The van der Waals surface area contributed by atoms with Crippen LogP contribution in [0.3, 0.4) is 0 Å². The number of hydrogen-bond donors (Lipinski definition) is 1. The number of hydrogen-bond acceptors (Lipinski definition) is 4. The molecule has 0 bridgehead atoms. The maximum Gasteiger partial charge on any atom is 0.246 e. The third-order valence-corrected chi connectivity index (χ3v) is 5.68. The SMILES string of the molecule is C=CC(=O)N1CCN(C(=O)CNc2cc(-c3ccc(F)cc3Cl)c(Cl)cc2OC)CC1. The number of benzene rings is 2. The van der Waals surface area contributed by atoms with Crippen molar-refractivity contribution in [1.29, 1.82) is 0 Å². The number of nitrogens with one attached hydrogen (secondary N) is 1. The minimum Gasteiger partial charge on any atom is -0.495 e. The first-order chi connectivity index (χ1) is 14.8. The van der Waals surface area contributed by atoms with E-state index in [1.807, 2.05) is 0 Å². The van der Waals surface area contributed by atoms with E-state index < -0.39 is 5.82 Å². The first-order valence-corrected chi connectivity index (χ1v) is 10.4. The van der Waals surface area contributed by atoms with Gasteiger partial charge in [-0.05, 0) is 30.3 Å². The molecule has 0 aliphatic carbocycles. The van der Waals surface area contributed by atoms with Gasteiger partial charge >= 0.3 is 0 Å². The van der Waals surface area contributed by atoms with Gasteiger partial charge in [0, 0.05) is 43.4 Å². The minimum atomic E-state index is -0.447. The molecule has 0 atom stereocenters. The van der Waals surface area contributed by atoms with Crippen molar-refractivity contribution in [3.63, 3.8) is 0 Å². The summed E-state index contributed by atoms with van der Waals surface area (Å²) < 4.78 is 18.8. The average molecular weight is 466 g/mol. The van der Waals surface area contributed by atoms with Crippen LogP contribution in [0.2, 0.25) is 10.0 Å². The Balaban J connectivity index is 1.73. The second kappa shape index (κ2) is 10.0. The van der Waals surface area contributed by atoms with Gasteiger partial charge in [0.05, 0.1) is 29.4 Å². The number of carbonyl (C=O) groups excluding carboxylic acids is 2. The largest absolute Gasteiger partial charge is 0.495 e. The van der Waals surface area contributed by atoms with Gasteiger partial charge in [-0.2, -0.15) is 0 Å². The molecule has 9 heteroatoms. The number of halogens is 3. The summed E-state index contributed by atoms with van der Waals surface area (Å²) in [7, 11) is 1.50. The Bertz CT molecular complexity index is 1010. The molecule has 2 aromatic rings. The lowest BCUT2D eigenvalue weighted by atomic mass is 10.0. The molecule has 1 aliphatic rings. The molecule has 0 saturated carbocycles. The Kier molecular flexibility index (Phi) is 7.41. The molecule has 1 heterocycles. The van der Waals surface area contributed by atoms with Crippen LogP contribution >= 0.6 is 23.2 Å². The standard InChI is InChI=1S/C22H22Cl2FN3O3/c1-3-21(29)27-6-8-28(9-7-27)22(30)13-26-19-11-16(18(24)12-20(19)31-2)15-5-4-14(25)10-17(15)23/h3-5,10-12,26H,1,6-9,13H2,2H3. The summed E-state index contributed by atoms with van der Waals surface area (Å²) in [6, 6.07) is 7.39. The Hall–Kier alpha value is -2.77. The number of amides is 2. The second-order valence-electron chi connectivity index (χ2n) is 6.92. The molecular formula is C22H22Cl2FN3O3. The van der Waals surface area contributed by atoms with Crippen molar-refractivity contribution in [2.75, 3.05) is 45.2 Å². The van der Waals surface area contributed by atoms with E-state index in [2.05, 4.69) is 11.9 Å². The van der Waals surface area contributed by atoms with Crippen LogP contribution in [-0.2, 0) is 9.59 Å². The van der Waals surface area contributed by atoms with Gasteiger partial charge in [-0.25, -0.2) is 4.39 Å². The zero-order chi connectivity index (χ0) is 22.5. The van der Waals surface area contributed by atoms with Crippen LogP contribution in [0.15, 0.2) is 43.0 Å². The van der Waals surface area contributed by atoms with E-state index in [0.29, 0.717) is 53.8 Å². The Morgan fingerprint density at radius 1 is 1.10 bits per heavy atom. The molecule has 6 nitrogen and oxygen atoms in total. The van der Waals surface area contributed by atoms with Crippen molar-refractivity contribution >= 4 is 40.7 Å². The molecule has 0 unspecified atom stereocenters. The molecular weight excluding hydrogens is 444 g/mol. The fourth-order valence-electron chi connectivity index (χ4n) is 3.36. The van der Waals surface area contributed by atoms with Crippen LogP contribution in [0, 0.1) is 5.82 Å². The number of nitrogens with zero attached hydrogens (tertiary/aromatic N) is 2. The quantitative estimate of drug-likeness (QED) is 0.652. The number of rotatable bonds is 6. The van der Waals surface area contributed by atoms with Gasteiger partial charge in [-0.1, -0.05) is 29.8 Å². The summed E-state index contributed by atoms with van der Waals surface area (Å²) in [6.07, 6.45) is 1.27. The summed E-state index contributed by atoms with van der Waals surface area (Å²) in [5, 5.41) is 3.69. The highest BCUT2D eigenvalue weighted by atomic mass is 35.5. The molecule has 2 amide bonds. The van der Waals surface area contributed by atoms with Gasteiger partial charge in [0.25, 0.3) is 0 Å². The van der Waals surface area contributed by atoms with Crippen molar-refractivity contribution in [3.8, 4) is 16.9 Å². The molecule has 1 N–H and O–H groups in total. The number of piperazine rings is 1. The summed E-state index contributed by atoms with van der Waals surface area (Å²) in [6.45, 7) is 5.35. The zero-order valence-corrected chi connectivity index (χ0v) is 18.5. The Morgan fingerprint density at radius 2 is 1.74 bits per heavy atom. The molecule has 31 heavy (non-hydrogen) atoms. The lowest BCUT2D eigenvalue weighted by Crippen LogP contribution is -2.51. The van der Waals surface area contributed by atoms with Gasteiger partial charge in [0.1, 0.15) is 11.6 Å². The molecule has 1 aliphatic heterocycles. The summed E-state index contributed by atoms with van der Waals surface area (Å²) >= 11 is 12.6. The number of anilines is 1. The molecule has 0 radical (unpaired) electrons. The lowest BCUT2D eigenvalue weighted by Gasteiger charge is -2.34. The van der Waals surface area contributed by atoms with Gasteiger partial charge in [0.2, 0.25) is 11.8 Å². The number of carbonyl (C=O) groups is 2. The highest BCUT2D eigenvalue weighted by molar-refractivity contribution is 6.36. The Labute approximate surface area is 190 Å². The molecule has 0 aromatic heterocycles. The molecule has 164 valence electrons. The summed E-state index contributed by atoms with van der Waals surface area (Å²) in [5.41, 5.74) is 1.70. The van der Waals surface area contributed by atoms with Crippen molar-refractivity contribution < 1.29 is 18.7 Å². The van der Waals surface area contributed by atoms with E-state index in [1.165, 1.54) is 25.3 Å². The zero-order valence-electron chi connectivity index (χ0n) is 17.0. The smallest absolute Gasteiger partial charge is 0.246 e. The van der Waals surface area contributed by atoms with Gasteiger partial charge in [0.15, 0.2) is 0 Å². The van der Waals surface area contributed by atoms with Gasteiger partial charge < -0.3 is 19.9 Å². The maximum absolute atomic E-state index is 13.4. The molecule has 2 aromatic carbocycles. The van der Waals surface area contributed by atoms with E-state index in [-0.39, 0.29) is 23.4 Å². The number of ether oxygens (including phenoxy) is 1. The maximum atomic E-state index is 13.4. The second-order valence-corrected chi connectivity index (χ2v) is 7.73. The van der Waals surface area contributed by atoms with E-state index in [4.69, 9.17) is 27.9 Å². The van der Waals surface area contributed by atoms with Crippen molar-refractivity contribution in [3.05, 3.63) is 58.8 Å². The van der Waals surface area contributed by atoms with Gasteiger partial charge in [-0.3, -0.25) is 9.59 Å². The van der Waals surface area contributed by atoms with Crippen molar-refractivity contribution in [2.45, 2.75) is 0 Å². The van der Waals surface area contributed by atoms with Crippen LogP contribution in [0.1, 0.15) is 0 Å². The normalized spacial score (nSPS) is 13.7. The first kappa shape index (κ1) is 22.9. The fourth-order valence-corrected chi connectivity index (χ4v) is 3.89. The predicted octanol–water partition coefficient (Wildman–Crippen LogP) is 4.08. The third-order valence-electron chi connectivity index (χ3n) is 5.06. The van der Waals surface area contributed by atoms with E-state index >= 15 is 0 Å². The summed E-state index contributed by atoms with van der Waals surface area (Å²) in [5.74, 6) is -0.231. The van der Waals surface area contributed by atoms with E-state index in [9.17, 15) is 14.0 Å². The monoisotopic (exact) mass is 465 g/mol. The highest BCUT2D eigenvalue weighted by Gasteiger charge is 2.23. The van der Waals surface area contributed by atoms with Crippen LogP contribution in [0.25, 0.3) is 11.1 Å². The fraction of sp³-hybridized carbons (Fsp3) is 0.273. The van der Waals surface area contributed by atoms with Crippen LogP contribution < -0.4 is 10.1 Å². The topological polar surface area (TPSA) is 61.9 Å². The average Bonchev–Trinajstić information content (AvgIpc) is 2.77. The predicted molar refractivity (Wildman–Crippen MR) is 120 cm³/mol. The Morgan fingerprint density at radius 3 is 2.35 bits per heavy atom. The molecule has 1 fully saturated rings. The van der Waals surface area contributed by atoms with Crippen molar-refractivity contribution in [2.24, 2.45) is 0 Å².